The van der Waals surface area contributed by atoms with Crippen LogP contribution in [0.2, 0.25) is 0 Å². The Morgan fingerprint density at radius 2 is 0.661 bits per heavy atom. The molecule has 0 amide bonds. The number of anilines is 9. The molecule has 10 rings (SSSR count). The van der Waals surface area contributed by atoms with Crippen molar-refractivity contribution < 1.29 is 4.42 Å². The zero-order chi connectivity index (χ0) is 37.3. The molecule has 0 aliphatic heterocycles. The normalized spacial score (nSPS) is 11.2. The average molecular weight is 720 g/mol. The van der Waals surface area contributed by atoms with Crippen LogP contribution in [0.25, 0.3) is 32.7 Å². The zero-order valence-electron chi connectivity index (χ0n) is 30.6. The molecule has 0 N–H and O–H groups in total. The van der Waals surface area contributed by atoms with Crippen LogP contribution in [-0.4, -0.2) is 0 Å². The molecular weight excluding hydrogens is 683 g/mol. The average Bonchev–Trinajstić information content (AvgIpc) is 3.66. The van der Waals surface area contributed by atoms with Gasteiger partial charge in [0.15, 0.2) is 5.58 Å². The smallest absolute Gasteiger partial charge is 0.161 e. The molecule has 9 aromatic carbocycles. The number of fused-ring (bicyclic) bond motifs is 4. The van der Waals surface area contributed by atoms with Gasteiger partial charge in [-0.1, -0.05) is 133 Å². The van der Waals surface area contributed by atoms with Crippen LogP contribution in [0.4, 0.5) is 51.2 Å². The Kier molecular flexibility index (Phi) is 8.47. The number of hydrogen-bond donors (Lipinski definition) is 0. The minimum absolute atomic E-state index is 0.791. The van der Waals surface area contributed by atoms with Crippen molar-refractivity contribution in [1.29, 1.82) is 0 Å². The minimum atomic E-state index is 0.791. The largest absolute Gasteiger partial charge is 0.454 e. The molecule has 0 atom stereocenters. The molecule has 0 unspecified atom stereocenters. The first-order valence-electron chi connectivity index (χ1n) is 19.0. The van der Waals surface area contributed by atoms with Crippen LogP contribution >= 0.6 is 0 Å². The molecule has 0 aliphatic carbocycles. The van der Waals surface area contributed by atoms with Crippen molar-refractivity contribution in [2.24, 2.45) is 0 Å². The molecule has 4 heteroatoms. The summed E-state index contributed by atoms with van der Waals surface area (Å²) in [5.41, 5.74) is 10.9. The lowest BCUT2D eigenvalue weighted by atomic mass is 9.99. The van der Waals surface area contributed by atoms with Crippen molar-refractivity contribution in [3.63, 3.8) is 0 Å². The van der Waals surface area contributed by atoms with E-state index in [9.17, 15) is 0 Å². The molecular formula is C52H37N3O. The third-order valence-corrected chi connectivity index (χ3v) is 10.4. The lowest BCUT2D eigenvalue weighted by Crippen LogP contribution is -2.13. The highest BCUT2D eigenvalue weighted by Crippen LogP contribution is 2.53. The summed E-state index contributed by atoms with van der Waals surface area (Å²) in [5.74, 6) is 0. The number of benzene rings is 9. The maximum Gasteiger partial charge on any atom is 0.161 e. The molecule has 10 aromatic rings. The summed E-state index contributed by atoms with van der Waals surface area (Å²) in [7, 11) is 0. The van der Waals surface area contributed by atoms with Gasteiger partial charge in [0.05, 0.1) is 27.8 Å². The van der Waals surface area contributed by atoms with Gasteiger partial charge in [-0.05, 0) is 96.4 Å². The van der Waals surface area contributed by atoms with Crippen molar-refractivity contribution >= 4 is 83.9 Å². The summed E-state index contributed by atoms with van der Waals surface area (Å²) < 4.78 is 7.35. The molecule has 0 radical (unpaired) electrons. The summed E-state index contributed by atoms with van der Waals surface area (Å²) in [6.45, 7) is 0. The van der Waals surface area contributed by atoms with Crippen LogP contribution in [0, 0.1) is 0 Å². The lowest BCUT2D eigenvalue weighted by molar-refractivity contribution is 0.669. The molecule has 1 aromatic heterocycles. The highest BCUT2D eigenvalue weighted by molar-refractivity contribution is 6.27. The molecule has 0 fully saturated rings. The van der Waals surface area contributed by atoms with Gasteiger partial charge < -0.3 is 19.1 Å². The van der Waals surface area contributed by atoms with Gasteiger partial charge >= 0.3 is 0 Å². The van der Waals surface area contributed by atoms with Crippen LogP contribution in [0.5, 0.6) is 0 Å². The van der Waals surface area contributed by atoms with Gasteiger partial charge in [-0.25, -0.2) is 0 Å². The predicted octanol–water partition coefficient (Wildman–Crippen LogP) is 15.1. The van der Waals surface area contributed by atoms with Crippen LogP contribution in [0.3, 0.4) is 0 Å². The van der Waals surface area contributed by atoms with E-state index in [4.69, 9.17) is 4.42 Å². The SMILES string of the molecule is c1ccc(N(c2ccccc2)c2ccc(N(c3ccccc3)c3ccccc3)c3c2oc2cc4ccccc4c(N(c4ccccc4)c4ccccc4)c23)cc1. The Hall–Kier alpha value is -7.56. The molecule has 56 heavy (non-hydrogen) atoms. The number of rotatable bonds is 9. The quantitative estimate of drug-likeness (QED) is 0.148. The topological polar surface area (TPSA) is 22.9 Å². The van der Waals surface area contributed by atoms with Crippen molar-refractivity contribution in [3.8, 4) is 0 Å². The number of para-hydroxylation sites is 6. The highest BCUT2D eigenvalue weighted by atomic mass is 16.3. The number of furan rings is 1. The monoisotopic (exact) mass is 719 g/mol. The van der Waals surface area contributed by atoms with Crippen molar-refractivity contribution in [1.82, 2.24) is 0 Å². The second-order valence-corrected chi connectivity index (χ2v) is 13.7. The van der Waals surface area contributed by atoms with Crippen LogP contribution in [0.1, 0.15) is 0 Å². The fourth-order valence-corrected chi connectivity index (χ4v) is 7.96. The van der Waals surface area contributed by atoms with Crippen molar-refractivity contribution in [2.75, 3.05) is 14.7 Å². The van der Waals surface area contributed by atoms with Gasteiger partial charge in [0, 0.05) is 39.5 Å². The standard InChI is InChI=1S/C52H37N3O/c1-7-22-39(23-8-1)53(40-24-9-2-10-25-40)46-35-36-47(54(41-26-11-3-12-27-41)42-28-13-4-14-29-42)52-49(46)50-48(56-52)37-38-21-19-20-34-45(38)51(50)55(43-30-15-5-16-31-43)44-32-17-6-18-33-44/h1-37H. The van der Waals surface area contributed by atoms with Gasteiger partial charge in [0.2, 0.25) is 0 Å². The first kappa shape index (κ1) is 33.0. The summed E-state index contributed by atoms with van der Waals surface area (Å²) in [6.07, 6.45) is 0. The molecule has 0 bridgehead atoms. The molecule has 0 saturated carbocycles. The van der Waals surface area contributed by atoms with E-state index in [0.717, 1.165) is 83.9 Å². The molecule has 0 spiro atoms. The summed E-state index contributed by atoms with van der Waals surface area (Å²) in [6, 6.07) is 78.9. The molecule has 0 aliphatic rings. The van der Waals surface area contributed by atoms with Gasteiger partial charge in [-0.2, -0.15) is 0 Å². The molecule has 1 heterocycles. The van der Waals surface area contributed by atoms with E-state index >= 15 is 0 Å². The van der Waals surface area contributed by atoms with Gasteiger partial charge in [-0.15, -0.1) is 0 Å². The summed E-state index contributed by atoms with van der Waals surface area (Å²) >= 11 is 0. The fraction of sp³-hybridized carbons (Fsp3) is 0. The van der Waals surface area contributed by atoms with Crippen LogP contribution in [0.15, 0.2) is 229 Å². The Morgan fingerprint density at radius 3 is 1.11 bits per heavy atom. The second kappa shape index (κ2) is 14.3. The fourth-order valence-electron chi connectivity index (χ4n) is 7.96. The van der Waals surface area contributed by atoms with E-state index in [1.54, 1.807) is 0 Å². The van der Waals surface area contributed by atoms with E-state index in [2.05, 4.69) is 239 Å². The maximum atomic E-state index is 7.35. The minimum Gasteiger partial charge on any atom is -0.454 e. The second-order valence-electron chi connectivity index (χ2n) is 13.7. The van der Waals surface area contributed by atoms with E-state index < -0.39 is 0 Å². The van der Waals surface area contributed by atoms with E-state index in [1.165, 1.54) is 0 Å². The Labute approximate surface area is 326 Å². The van der Waals surface area contributed by atoms with E-state index in [0.29, 0.717) is 0 Å². The van der Waals surface area contributed by atoms with Gasteiger partial charge in [0.1, 0.15) is 5.58 Å². The number of nitrogens with zero attached hydrogens (tertiary/aromatic N) is 3. The molecule has 4 nitrogen and oxygen atoms in total. The Morgan fingerprint density at radius 1 is 0.304 bits per heavy atom. The zero-order valence-corrected chi connectivity index (χ0v) is 30.6. The number of hydrogen-bond acceptors (Lipinski definition) is 4. The predicted molar refractivity (Wildman–Crippen MR) is 235 cm³/mol. The first-order chi connectivity index (χ1) is 27.8. The first-order valence-corrected chi connectivity index (χ1v) is 19.0. The highest BCUT2D eigenvalue weighted by Gasteiger charge is 2.29. The van der Waals surface area contributed by atoms with Crippen molar-refractivity contribution in [2.45, 2.75) is 0 Å². The van der Waals surface area contributed by atoms with Crippen LogP contribution < -0.4 is 14.7 Å². The van der Waals surface area contributed by atoms with E-state index in [-0.39, 0.29) is 0 Å². The Bertz CT molecular complexity index is 2780. The van der Waals surface area contributed by atoms with Crippen molar-refractivity contribution in [3.05, 3.63) is 224 Å². The Balaban J connectivity index is 1.40. The summed E-state index contributed by atoms with van der Waals surface area (Å²) in [5, 5.41) is 4.27. The van der Waals surface area contributed by atoms with Crippen LogP contribution in [-0.2, 0) is 0 Å². The third-order valence-electron chi connectivity index (χ3n) is 10.4. The lowest BCUT2D eigenvalue weighted by Gasteiger charge is -2.30. The third kappa shape index (κ3) is 5.81. The molecule has 266 valence electrons. The molecule has 0 saturated heterocycles. The van der Waals surface area contributed by atoms with Gasteiger partial charge in [-0.3, -0.25) is 0 Å². The summed E-state index contributed by atoms with van der Waals surface area (Å²) in [4.78, 5) is 7.04. The maximum absolute atomic E-state index is 7.35. The van der Waals surface area contributed by atoms with Gasteiger partial charge in [0.25, 0.3) is 0 Å². The van der Waals surface area contributed by atoms with E-state index in [1.807, 2.05) is 0 Å².